The fourth-order valence-corrected chi connectivity index (χ4v) is 4.41. The molecule has 2 fully saturated rings. The number of likely N-dealkylation sites (tertiary alicyclic amines) is 1. The molecule has 174 valence electrons. The van der Waals surface area contributed by atoms with Gasteiger partial charge < -0.3 is 19.5 Å². The summed E-state index contributed by atoms with van der Waals surface area (Å²) in [4.78, 5) is 30.0. The lowest BCUT2D eigenvalue weighted by atomic mass is 9.95. The molecule has 2 aromatic rings. The highest BCUT2D eigenvalue weighted by Gasteiger charge is 2.45. The molecule has 0 spiro atoms. The van der Waals surface area contributed by atoms with Crippen LogP contribution in [0.3, 0.4) is 0 Å². The summed E-state index contributed by atoms with van der Waals surface area (Å²) >= 11 is 0. The number of hydrogen-bond acceptors (Lipinski definition) is 6. The van der Waals surface area contributed by atoms with Crippen molar-refractivity contribution in [1.29, 1.82) is 0 Å². The van der Waals surface area contributed by atoms with Gasteiger partial charge in [-0.3, -0.25) is 14.5 Å². The Morgan fingerprint density at radius 2 is 1.73 bits per heavy atom. The van der Waals surface area contributed by atoms with Crippen LogP contribution >= 0.6 is 0 Å². The lowest BCUT2D eigenvalue weighted by Gasteiger charge is -2.29. The maximum Gasteiger partial charge on any atom is 0.295 e. The molecule has 7 heteroatoms. The molecule has 4 rings (SSSR count). The molecule has 1 atom stereocenters. The number of benzene rings is 2. The number of carbonyl (C=O) groups is 2. The molecular weight excluding hydrogens is 420 g/mol. The minimum Gasteiger partial charge on any atom is -0.507 e. The number of aliphatic hydroxyl groups excluding tert-OH is 1. The van der Waals surface area contributed by atoms with Gasteiger partial charge in [0, 0.05) is 31.7 Å². The number of aliphatic hydroxyl groups is 1. The van der Waals surface area contributed by atoms with E-state index >= 15 is 0 Å². The van der Waals surface area contributed by atoms with E-state index in [1.54, 1.807) is 29.2 Å². The Morgan fingerprint density at radius 3 is 2.39 bits per heavy atom. The van der Waals surface area contributed by atoms with E-state index in [4.69, 9.17) is 9.47 Å². The summed E-state index contributed by atoms with van der Waals surface area (Å²) in [5.74, 6) is -0.660. The van der Waals surface area contributed by atoms with Gasteiger partial charge in [-0.2, -0.15) is 0 Å². The normalized spacial score (nSPS) is 20.9. The van der Waals surface area contributed by atoms with Crippen LogP contribution in [0.15, 0.2) is 60.2 Å². The highest BCUT2D eigenvalue weighted by Crippen LogP contribution is 2.39. The molecule has 1 N–H and O–H groups in total. The molecule has 2 heterocycles. The molecule has 0 radical (unpaired) electrons. The van der Waals surface area contributed by atoms with Gasteiger partial charge in [0.25, 0.3) is 11.7 Å². The van der Waals surface area contributed by atoms with Crippen LogP contribution in [0.5, 0.6) is 5.75 Å². The van der Waals surface area contributed by atoms with Crippen LogP contribution in [-0.2, 0) is 14.3 Å². The SMILES string of the molecule is CCOc1ccc(C2C(=C(O)c3ccccc3)C(=O)C(=O)N2CCCN2CCOCC2)cc1. The average molecular weight is 451 g/mol. The smallest absolute Gasteiger partial charge is 0.295 e. The molecule has 0 aromatic heterocycles. The summed E-state index contributed by atoms with van der Waals surface area (Å²) in [7, 11) is 0. The quantitative estimate of drug-likeness (QED) is 0.378. The number of ether oxygens (including phenoxy) is 2. The van der Waals surface area contributed by atoms with Crippen LogP contribution in [0.1, 0.15) is 30.5 Å². The maximum absolute atomic E-state index is 13.1. The summed E-state index contributed by atoms with van der Waals surface area (Å²) in [6, 6.07) is 15.6. The van der Waals surface area contributed by atoms with Crippen molar-refractivity contribution in [3.8, 4) is 5.75 Å². The Hall–Kier alpha value is -3.16. The first-order chi connectivity index (χ1) is 16.1. The zero-order chi connectivity index (χ0) is 23.2. The number of morpholine rings is 1. The summed E-state index contributed by atoms with van der Waals surface area (Å²) in [5.41, 5.74) is 1.41. The lowest BCUT2D eigenvalue weighted by Crippen LogP contribution is -2.38. The number of hydrogen-bond donors (Lipinski definition) is 1. The van der Waals surface area contributed by atoms with Gasteiger partial charge >= 0.3 is 0 Å². The topological polar surface area (TPSA) is 79.3 Å². The second-order valence-corrected chi connectivity index (χ2v) is 8.17. The third-order valence-corrected chi connectivity index (χ3v) is 6.07. The molecule has 2 saturated heterocycles. The Bertz CT molecular complexity index is 997. The zero-order valence-corrected chi connectivity index (χ0v) is 18.9. The number of nitrogens with zero attached hydrogens (tertiary/aromatic N) is 2. The van der Waals surface area contributed by atoms with E-state index < -0.39 is 17.7 Å². The minimum absolute atomic E-state index is 0.127. The molecular formula is C26H30N2O5. The van der Waals surface area contributed by atoms with E-state index in [0.717, 1.165) is 31.6 Å². The van der Waals surface area contributed by atoms with Gasteiger partial charge in [0.15, 0.2) is 0 Å². The molecule has 2 aromatic carbocycles. The zero-order valence-electron chi connectivity index (χ0n) is 18.9. The largest absolute Gasteiger partial charge is 0.507 e. The first-order valence-corrected chi connectivity index (χ1v) is 11.5. The summed E-state index contributed by atoms with van der Waals surface area (Å²) < 4.78 is 10.9. The van der Waals surface area contributed by atoms with Crippen LogP contribution in [0, 0.1) is 0 Å². The van der Waals surface area contributed by atoms with Crippen molar-refractivity contribution in [1.82, 2.24) is 9.80 Å². The van der Waals surface area contributed by atoms with Crippen molar-refractivity contribution in [3.05, 3.63) is 71.3 Å². The number of ketones is 1. The number of rotatable bonds is 8. The van der Waals surface area contributed by atoms with Crippen LogP contribution in [0.25, 0.3) is 5.76 Å². The fourth-order valence-electron chi connectivity index (χ4n) is 4.41. The first kappa shape index (κ1) is 23.0. The number of amides is 1. The van der Waals surface area contributed by atoms with Crippen molar-refractivity contribution in [2.24, 2.45) is 0 Å². The van der Waals surface area contributed by atoms with E-state index in [1.807, 2.05) is 37.3 Å². The third-order valence-electron chi connectivity index (χ3n) is 6.07. The summed E-state index contributed by atoms with van der Waals surface area (Å²) in [6.07, 6.45) is 0.728. The van der Waals surface area contributed by atoms with Crippen molar-refractivity contribution < 1.29 is 24.2 Å². The van der Waals surface area contributed by atoms with Crippen molar-refractivity contribution in [3.63, 3.8) is 0 Å². The van der Waals surface area contributed by atoms with Gasteiger partial charge in [-0.15, -0.1) is 0 Å². The van der Waals surface area contributed by atoms with Gasteiger partial charge in [-0.1, -0.05) is 42.5 Å². The third kappa shape index (κ3) is 5.10. The Labute approximate surface area is 194 Å². The van der Waals surface area contributed by atoms with Crippen LogP contribution in [0.2, 0.25) is 0 Å². The predicted octanol–water partition coefficient (Wildman–Crippen LogP) is 3.23. The van der Waals surface area contributed by atoms with Crippen LogP contribution < -0.4 is 4.74 Å². The molecule has 33 heavy (non-hydrogen) atoms. The molecule has 0 saturated carbocycles. The van der Waals surface area contributed by atoms with Crippen molar-refractivity contribution in [2.45, 2.75) is 19.4 Å². The van der Waals surface area contributed by atoms with Gasteiger partial charge in [-0.05, 0) is 31.0 Å². The predicted molar refractivity (Wildman–Crippen MR) is 125 cm³/mol. The second-order valence-electron chi connectivity index (χ2n) is 8.17. The molecule has 2 aliphatic heterocycles. The Kier molecular flexibility index (Phi) is 7.42. The number of carbonyl (C=O) groups excluding carboxylic acids is 2. The van der Waals surface area contributed by atoms with Crippen LogP contribution in [0.4, 0.5) is 0 Å². The van der Waals surface area contributed by atoms with E-state index in [9.17, 15) is 14.7 Å². The molecule has 0 aliphatic carbocycles. The van der Waals surface area contributed by atoms with E-state index in [-0.39, 0.29) is 11.3 Å². The van der Waals surface area contributed by atoms with Gasteiger partial charge in [-0.25, -0.2) is 0 Å². The molecule has 1 unspecified atom stereocenters. The maximum atomic E-state index is 13.1. The van der Waals surface area contributed by atoms with Gasteiger partial charge in [0.2, 0.25) is 0 Å². The highest BCUT2D eigenvalue weighted by molar-refractivity contribution is 6.46. The van der Waals surface area contributed by atoms with Gasteiger partial charge in [0.1, 0.15) is 11.5 Å². The second kappa shape index (κ2) is 10.6. The van der Waals surface area contributed by atoms with Crippen LogP contribution in [-0.4, -0.2) is 72.6 Å². The van der Waals surface area contributed by atoms with E-state index in [0.29, 0.717) is 37.7 Å². The monoisotopic (exact) mass is 450 g/mol. The Morgan fingerprint density at radius 1 is 1.03 bits per heavy atom. The average Bonchev–Trinajstić information content (AvgIpc) is 3.10. The standard InChI is InChI=1S/C26H30N2O5/c1-2-33-21-11-9-19(10-12-21)23-22(24(29)20-7-4-3-5-8-20)25(30)26(31)28(23)14-6-13-27-15-17-32-18-16-27/h3-5,7-12,23,29H,2,6,13-18H2,1H3. The molecule has 2 aliphatic rings. The van der Waals surface area contributed by atoms with Crippen molar-refractivity contribution >= 4 is 17.4 Å². The molecule has 1 amide bonds. The van der Waals surface area contributed by atoms with E-state index in [2.05, 4.69) is 4.90 Å². The highest BCUT2D eigenvalue weighted by atomic mass is 16.5. The van der Waals surface area contributed by atoms with Crippen molar-refractivity contribution in [2.75, 3.05) is 46.0 Å². The number of Topliss-reactive ketones (excluding diaryl/α,β-unsaturated/α-hetero) is 1. The molecule has 7 nitrogen and oxygen atoms in total. The lowest BCUT2D eigenvalue weighted by molar-refractivity contribution is -0.140. The first-order valence-electron chi connectivity index (χ1n) is 11.5. The summed E-state index contributed by atoms with van der Waals surface area (Å²) in [5, 5.41) is 11.1. The van der Waals surface area contributed by atoms with Gasteiger partial charge in [0.05, 0.1) is 31.4 Å². The minimum atomic E-state index is -0.651. The summed E-state index contributed by atoms with van der Waals surface area (Å²) in [6.45, 7) is 6.88. The van der Waals surface area contributed by atoms with E-state index in [1.165, 1.54) is 0 Å². The Balaban J connectivity index is 1.65. The fraction of sp³-hybridized carbons (Fsp3) is 0.385. The molecule has 0 bridgehead atoms.